The molecule has 2 N–H and O–H groups in total. The molecular formula is C7H12N2O3. The Kier molecular flexibility index (Phi) is 2.65. The van der Waals surface area contributed by atoms with Crippen molar-refractivity contribution in [1.82, 2.24) is 10.2 Å². The molecule has 0 aromatic rings. The molecule has 0 spiro atoms. The van der Waals surface area contributed by atoms with Crippen LogP contribution in [0.4, 0.5) is 0 Å². The summed E-state index contributed by atoms with van der Waals surface area (Å²) in [6, 6.07) is 0.157. The normalized spacial score (nSPS) is 17.2. The fourth-order valence-corrected chi connectivity index (χ4v) is 1.10. The van der Waals surface area contributed by atoms with Crippen LogP contribution < -0.4 is 5.32 Å². The topological polar surface area (TPSA) is 69.6 Å². The van der Waals surface area contributed by atoms with Crippen LogP contribution in [0.5, 0.6) is 0 Å². The minimum absolute atomic E-state index is 0.0313. The lowest BCUT2D eigenvalue weighted by molar-refractivity contribution is -0.136. The molecule has 68 valence electrons. The maximum Gasteiger partial charge on any atom is 0.317 e. The summed E-state index contributed by atoms with van der Waals surface area (Å²) < 4.78 is 0. The van der Waals surface area contributed by atoms with Crippen molar-refractivity contribution >= 4 is 11.9 Å². The van der Waals surface area contributed by atoms with Crippen LogP contribution >= 0.6 is 0 Å². The van der Waals surface area contributed by atoms with Crippen LogP contribution in [0.2, 0.25) is 0 Å². The highest BCUT2D eigenvalue weighted by molar-refractivity contribution is 5.74. The van der Waals surface area contributed by atoms with Crippen LogP contribution in [-0.2, 0) is 9.59 Å². The zero-order chi connectivity index (χ0) is 9.14. The highest BCUT2D eigenvalue weighted by Crippen LogP contribution is 2.06. The molecule has 1 rings (SSSR count). The quantitative estimate of drug-likeness (QED) is 0.566. The van der Waals surface area contributed by atoms with Gasteiger partial charge in [-0.1, -0.05) is 0 Å². The van der Waals surface area contributed by atoms with E-state index in [2.05, 4.69) is 5.32 Å². The van der Waals surface area contributed by atoms with Gasteiger partial charge in [0.2, 0.25) is 5.91 Å². The number of carbonyl (C=O) groups excluding carboxylic acids is 1. The Balaban J connectivity index is 2.10. The monoisotopic (exact) mass is 172 g/mol. The molecule has 0 aliphatic carbocycles. The molecule has 1 amide bonds. The van der Waals surface area contributed by atoms with E-state index in [0.717, 1.165) is 0 Å². The van der Waals surface area contributed by atoms with E-state index in [1.165, 1.54) is 6.92 Å². The van der Waals surface area contributed by atoms with E-state index >= 15 is 0 Å². The van der Waals surface area contributed by atoms with Crippen molar-refractivity contribution in [3.63, 3.8) is 0 Å². The molecule has 0 aromatic carbocycles. The Morgan fingerprint density at radius 3 is 2.58 bits per heavy atom. The number of amides is 1. The molecule has 5 nitrogen and oxygen atoms in total. The Morgan fingerprint density at radius 2 is 2.17 bits per heavy atom. The Bertz CT molecular complexity index is 196. The molecule has 12 heavy (non-hydrogen) atoms. The van der Waals surface area contributed by atoms with Crippen molar-refractivity contribution < 1.29 is 14.7 Å². The number of carboxylic acids is 1. The van der Waals surface area contributed by atoms with Gasteiger partial charge in [-0.25, -0.2) is 0 Å². The van der Waals surface area contributed by atoms with Gasteiger partial charge in [-0.3, -0.25) is 9.59 Å². The highest BCUT2D eigenvalue weighted by atomic mass is 16.4. The Hall–Kier alpha value is -1.10. The summed E-state index contributed by atoms with van der Waals surface area (Å²) in [6.45, 7) is 2.73. The molecule has 1 aliphatic heterocycles. The maximum atomic E-state index is 10.7. The van der Waals surface area contributed by atoms with E-state index < -0.39 is 5.97 Å². The number of aliphatic carboxylic acids is 1. The van der Waals surface area contributed by atoms with Crippen molar-refractivity contribution in [3.8, 4) is 0 Å². The van der Waals surface area contributed by atoms with Gasteiger partial charge in [0.1, 0.15) is 0 Å². The summed E-state index contributed by atoms with van der Waals surface area (Å²) in [4.78, 5) is 22.5. The predicted octanol–water partition coefficient (Wildman–Crippen LogP) is -1.11. The number of nitrogens with one attached hydrogen (secondary N) is 1. The second kappa shape index (κ2) is 3.53. The van der Waals surface area contributed by atoms with E-state index in [1.807, 2.05) is 0 Å². The first-order chi connectivity index (χ1) is 5.59. The molecule has 1 fully saturated rings. The first kappa shape index (κ1) is 8.99. The minimum atomic E-state index is -0.865. The first-order valence-corrected chi connectivity index (χ1v) is 3.80. The van der Waals surface area contributed by atoms with Crippen molar-refractivity contribution in [2.24, 2.45) is 0 Å². The molecule has 0 unspecified atom stereocenters. The molecule has 0 aromatic heterocycles. The summed E-state index contributed by atoms with van der Waals surface area (Å²) in [5, 5.41) is 11.1. The summed E-state index contributed by atoms with van der Waals surface area (Å²) in [5.41, 5.74) is 0. The molecule has 0 atom stereocenters. The molecule has 5 heteroatoms. The third-order valence-electron chi connectivity index (χ3n) is 1.87. The summed E-state index contributed by atoms with van der Waals surface area (Å²) >= 11 is 0. The zero-order valence-corrected chi connectivity index (χ0v) is 6.91. The lowest BCUT2D eigenvalue weighted by atomic mass is 10.1. The zero-order valence-electron chi connectivity index (χ0n) is 6.91. The van der Waals surface area contributed by atoms with Crippen LogP contribution in [0.1, 0.15) is 6.92 Å². The third kappa shape index (κ3) is 2.20. The number of hydrogen-bond donors (Lipinski definition) is 2. The summed E-state index contributed by atoms with van der Waals surface area (Å²) in [7, 11) is 0. The Morgan fingerprint density at radius 1 is 1.58 bits per heavy atom. The predicted molar refractivity (Wildman–Crippen MR) is 41.7 cm³/mol. The van der Waals surface area contributed by atoms with E-state index in [4.69, 9.17) is 5.11 Å². The van der Waals surface area contributed by atoms with E-state index in [-0.39, 0.29) is 18.5 Å². The van der Waals surface area contributed by atoms with Crippen molar-refractivity contribution in [1.29, 1.82) is 0 Å². The van der Waals surface area contributed by atoms with Gasteiger partial charge < -0.3 is 15.3 Å². The van der Waals surface area contributed by atoms with Gasteiger partial charge in [0.25, 0.3) is 0 Å². The van der Waals surface area contributed by atoms with Gasteiger partial charge in [0.15, 0.2) is 0 Å². The van der Waals surface area contributed by atoms with Gasteiger partial charge >= 0.3 is 5.97 Å². The Labute approximate surface area is 70.4 Å². The van der Waals surface area contributed by atoms with Crippen molar-refractivity contribution in [2.75, 3.05) is 19.6 Å². The summed E-state index contributed by atoms with van der Waals surface area (Å²) in [6.07, 6.45) is 0. The minimum Gasteiger partial charge on any atom is -0.480 e. The molecule has 0 bridgehead atoms. The number of likely N-dealkylation sites (tertiary alicyclic amines) is 1. The second-order valence-corrected chi connectivity index (χ2v) is 2.90. The van der Waals surface area contributed by atoms with Gasteiger partial charge in [0, 0.05) is 26.1 Å². The fourth-order valence-electron chi connectivity index (χ4n) is 1.10. The van der Waals surface area contributed by atoms with Crippen LogP contribution in [0.25, 0.3) is 0 Å². The van der Waals surface area contributed by atoms with Crippen LogP contribution in [-0.4, -0.2) is 47.6 Å². The fraction of sp³-hybridized carbons (Fsp3) is 0.714. The average Bonchev–Trinajstić information content (AvgIpc) is 1.82. The lowest BCUT2D eigenvalue weighted by Crippen LogP contribution is -2.59. The van der Waals surface area contributed by atoms with Crippen LogP contribution in [0, 0.1) is 0 Å². The average molecular weight is 172 g/mol. The highest BCUT2D eigenvalue weighted by Gasteiger charge is 2.27. The van der Waals surface area contributed by atoms with Gasteiger partial charge in [-0.05, 0) is 0 Å². The standard InChI is InChI=1S/C7H12N2O3/c1-5(10)9-3-6(4-9)8-2-7(11)12/h6,8H,2-4H2,1H3,(H,11,12). The lowest BCUT2D eigenvalue weighted by Gasteiger charge is -2.38. The second-order valence-electron chi connectivity index (χ2n) is 2.90. The van der Waals surface area contributed by atoms with Crippen LogP contribution in [0.15, 0.2) is 0 Å². The van der Waals surface area contributed by atoms with E-state index in [9.17, 15) is 9.59 Å². The molecular weight excluding hydrogens is 160 g/mol. The van der Waals surface area contributed by atoms with E-state index in [0.29, 0.717) is 13.1 Å². The van der Waals surface area contributed by atoms with Crippen LogP contribution in [0.3, 0.4) is 0 Å². The maximum absolute atomic E-state index is 10.7. The van der Waals surface area contributed by atoms with Crippen molar-refractivity contribution in [2.45, 2.75) is 13.0 Å². The molecule has 1 heterocycles. The van der Waals surface area contributed by atoms with Gasteiger partial charge in [0.05, 0.1) is 6.54 Å². The molecule has 0 radical (unpaired) electrons. The number of hydrogen-bond acceptors (Lipinski definition) is 3. The molecule has 0 saturated carbocycles. The largest absolute Gasteiger partial charge is 0.480 e. The SMILES string of the molecule is CC(=O)N1CC(NCC(=O)O)C1. The van der Waals surface area contributed by atoms with Gasteiger partial charge in [-0.15, -0.1) is 0 Å². The number of carboxylic acid groups (broad SMARTS) is 1. The third-order valence-corrected chi connectivity index (χ3v) is 1.87. The number of rotatable bonds is 3. The number of nitrogens with zero attached hydrogens (tertiary/aromatic N) is 1. The molecule has 1 saturated heterocycles. The van der Waals surface area contributed by atoms with E-state index in [1.54, 1.807) is 4.90 Å². The number of carbonyl (C=O) groups is 2. The first-order valence-electron chi connectivity index (χ1n) is 3.80. The summed E-state index contributed by atoms with van der Waals surface area (Å²) in [5.74, 6) is -0.820. The van der Waals surface area contributed by atoms with Gasteiger partial charge in [-0.2, -0.15) is 0 Å². The molecule has 1 aliphatic rings. The smallest absolute Gasteiger partial charge is 0.317 e. The van der Waals surface area contributed by atoms with Crippen molar-refractivity contribution in [3.05, 3.63) is 0 Å².